The van der Waals surface area contributed by atoms with Crippen LogP contribution in [-0.2, 0) is 6.42 Å². The van der Waals surface area contributed by atoms with Crippen molar-refractivity contribution in [2.24, 2.45) is 5.73 Å². The van der Waals surface area contributed by atoms with Crippen LogP contribution < -0.4 is 10.5 Å². The number of hydrogen-bond donors (Lipinski definition) is 1. The number of halogens is 2. The molecule has 0 saturated heterocycles. The molecule has 0 amide bonds. The van der Waals surface area contributed by atoms with Gasteiger partial charge in [-0.05, 0) is 47.9 Å². The minimum atomic E-state index is -0.266. The zero-order valence-electron chi connectivity index (χ0n) is 10.6. The fourth-order valence-corrected chi connectivity index (χ4v) is 2.34. The fourth-order valence-electron chi connectivity index (χ4n) is 1.93. The molecular formula is C15H15BrFNO. The van der Waals surface area contributed by atoms with Crippen molar-refractivity contribution < 1.29 is 9.13 Å². The van der Waals surface area contributed by atoms with Gasteiger partial charge in [-0.2, -0.15) is 0 Å². The van der Waals surface area contributed by atoms with Crippen LogP contribution in [0.3, 0.4) is 0 Å². The molecule has 2 N–H and O–H groups in total. The normalized spacial score (nSPS) is 12.2. The summed E-state index contributed by atoms with van der Waals surface area (Å²) in [6.45, 7) is 0. The Morgan fingerprint density at radius 2 is 2.05 bits per heavy atom. The van der Waals surface area contributed by atoms with Crippen LogP contribution in [0.25, 0.3) is 0 Å². The summed E-state index contributed by atoms with van der Waals surface area (Å²) >= 11 is 3.49. The van der Waals surface area contributed by atoms with E-state index in [0.29, 0.717) is 6.42 Å². The highest BCUT2D eigenvalue weighted by Gasteiger charge is 2.11. The van der Waals surface area contributed by atoms with E-state index in [1.807, 2.05) is 24.3 Å². The van der Waals surface area contributed by atoms with Crippen LogP contribution in [0.5, 0.6) is 5.75 Å². The van der Waals surface area contributed by atoms with Gasteiger partial charge in [0.05, 0.1) is 7.11 Å². The Kier molecular flexibility index (Phi) is 4.56. The summed E-state index contributed by atoms with van der Waals surface area (Å²) in [7, 11) is 1.62. The zero-order valence-corrected chi connectivity index (χ0v) is 12.2. The monoisotopic (exact) mass is 323 g/mol. The van der Waals surface area contributed by atoms with Gasteiger partial charge in [0.25, 0.3) is 0 Å². The number of hydrogen-bond acceptors (Lipinski definition) is 2. The van der Waals surface area contributed by atoms with Crippen LogP contribution in [0.4, 0.5) is 4.39 Å². The predicted molar refractivity (Wildman–Crippen MR) is 77.7 cm³/mol. The Balaban J connectivity index is 2.21. The lowest BCUT2D eigenvalue weighted by Crippen LogP contribution is -2.13. The third kappa shape index (κ3) is 3.55. The Morgan fingerprint density at radius 1 is 1.26 bits per heavy atom. The molecule has 0 fully saturated rings. The molecule has 0 radical (unpaired) electrons. The molecule has 1 unspecified atom stereocenters. The van der Waals surface area contributed by atoms with Crippen LogP contribution in [0, 0.1) is 5.82 Å². The van der Waals surface area contributed by atoms with Crippen molar-refractivity contribution in [1.82, 2.24) is 0 Å². The molecule has 2 aromatic carbocycles. The summed E-state index contributed by atoms with van der Waals surface area (Å²) in [6, 6.07) is 11.9. The Labute approximate surface area is 120 Å². The van der Waals surface area contributed by atoms with Gasteiger partial charge in [0, 0.05) is 10.5 Å². The molecule has 0 aliphatic carbocycles. The van der Waals surface area contributed by atoms with E-state index >= 15 is 0 Å². The maximum Gasteiger partial charge on any atom is 0.123 e. The number of benzene rings is 2. The first kappa shape index (κ1) is 14.0. The maximum atomic E-state index is 13.2. The molecule has 0 spiro atoms. The van der Waals surface area contributed by atoms with E-state index < -0.39 is 0 Å². The third-order valence-electron chi connectivity index (χ3n) is 2.97. The van der Waals surface area contributed by atoms with Gasteiger partial charge in [-0.15, -0.1) is 0 Å². The van der Waals surface area contributed by atoms with Gasteiger partial charge >= 0.3 is 0 Å². The van der Waals surface area contributed by atoms with Crippen molar-refractivity contribution >= 4 is 15.9 Å². The highest BCUT2D eigenvalue weighted by atomic mass is 79.9. The lowest BCUT2D eigenvalue weighted by molar-refractivity contribution is 0.414. The average Bonchev–Trinajstić information content (AvgIpc) is 2.41. The van der Waals surface area contributed by atoms with E-state index in [1.165, 1.54) is 12.1 Å². The summed E-state index contributed by atoms with van der Waals surface area (Å²) in [5.74, 6) is 0.516. The first-order valence-electron chi connectivity index (χ1n) is 5.93. The first-order chi connectivity index (χ1) is 9.10. The summed E-state index contributed by atoms with van der Waals surface area (Å²) in [5.41, 5.74) is 7.95. The molecule has 0 aliphatic heterocycles. The predicted octanol–water partition coefficient (Wildman–Crippen LogP) is 3.84. The van der Waals surface area contributed by atoms with Gasteiger partial charge in [-0.3, -0.25) is 0 Å². The smallest absolute Gasteiger partial charge is 0.123 e. The van der Waals surface area contributed by atoms with Crippen molar-refractivity contribution in [3.05, 3.63) is 63.9 Å². The SMILES string of the molecule is COc1ccc(Br)c(CC(N)c2cccc(F)c2)c1. The third-order valence-corrected chi connectivity index (χ3v) is 3.74. The molecule has 0 aliphatic rings. The van der Waals surface area contributed by atoms with Gasteiger partial charge in [0.2, 0.25) is 0 Å². The van der Waals surface area contributed by atoms with E-state index in [2.05, 4.69) is 15.9 Å². The average molecular weight is 324 g/mol. The molecular weight excluding hydrogens is 309 g/mol. The second-order valence-electron chi connectivity index (χ2n) is 4.32. The summed E-state index contributed by atoms with van der Waals surface area (Å²) < 4.78 is 19.3. The van der Waals surface area contributed by atoms with E-state index in [4.69, 9.17) is 10.5 Å². The van der Waals surface area contributed by atoms with E-state index in [9.17, 15) is 4.39 Å². The number of ether oxygens (including phenoxy) is 1. The largest absolute Gasteiger partial charge is 0.497 e. The van der Waals surface area contributed by atoms with Crippen LogP contribution in [-0.4, -0.2) is 7.11 Å². The minimum Gasteiger partial charge on any atom is -0.497 e. The maximum absolute atomic E-state index is 13.2. The van der Waals surface area contributed by atoms with Crippen LogP contribution >= 0.6 is 15.9 Å². The Hall–Kier alpha value is -1.39. The van der Waals surface area contributed by atoms with Crippen molar-refractivity contribution in [1.29, 1.82) is 0 Å². The molecule has 100 valence electrons. The summed E-state index contributed by atoms with van der Waals surface area (Å²) in [4.78, 5) is 0. The van der Waals surface area contributed by atoms with Crippen molar-refractivity contribution in [2.75, 3.05) is 7.11 Å². The van der Waals surface area contributed by atoms with E-state index in [0.717, 1.165) is 21.3 Å². The number of rotatable bonds is 4. The van der Waals surface area contributed by atoms with Gasteiger partial charge < -0.3 is 10.5 Å². The van der Waals surface area contributed by atoms with Gasteiger partial charge in [-0.25, -0.2) is 4.39 Å². The highest BCUT2D eigenvalue weighted by molar-refractivity contribution is 9.10. The molecule has 1 atom stereocenters. The molecule has 4 heteroatoms. The molecule has 0 bridgehead atoms. The molecule has 2 rings (SSSR count). The second kappa shape index (κ2) is 6.17. The van der Waals surface area contributed by atoms with Crippen molar-refractivity contribution in [2.45, 2.75) is 12.5 Å². The van der Waals surface area contributed by atoms with E-state index in [1.54, 1.807) is 13.2 Å². The molecule has 0 aromatic heterocycles. The fraction of sp³-hybridized carbons (Fsp3) is 0.200. The van der Waals surface area contributed by atoms with Crippen LogP contribution in [0.15, 0.2) is 46.9 Å². The van der Waals surface area contributed by atoms with Crippen molar-refractivity contribution in [3.8, 4) is 5.75 Å². The highest BCUT2D eigenvalue weighted by Crippen LogP contribution is 2.26. The topological polar surface area (TPSA) is 35.2 Å². The summed E-state index contributed by atoms with van der Waals surface area (Å²) in [5, 5.41) is 0. The molecule has 0 heterocycles. The molecule has 2 aromatic rings. The number of methoxy groups -OCH3 is 1. The lowest BCUT2D eigenvalue weighted by Gasteiger charge is -2.14. The Bertz CT molecular complexity index is 574. The quantitative estimate of drug-likeness (QED) is 0.927. The number of nitrogens with two attached hydrogens (primary N) is 1. The van der Waals surface area contributed by atoms with E-state index in [-0.39, 0.29) is 11.9 Å². The Morgan fingerprint density at radius 3 is 2.74 bits per heavy atom. The standard InChI is InChI=1S/C15H15BrFNO/c1-19-13-5-6-14(16)11(8-13)9-15(18)10-3-2-4-12(17)7-10/h2-8,15H,9,18H2,1H3. The molecule has 2 nitrogen and oxygen atoms in total. The first-order valence-corrected chi connectivity index (χ1v) is 6.73. The summed E-state index contributed by atoms with van der Waals surface area (Å²) in [6.07, 6.45) is 0.612. The second-order valence-corrected chi connectivity index (χ2v) is 5.18. The molecule has 0 saturated carbocycles. The van der Waals surface area contributed by atoms with Gasteiger partial charge in [0.15, 0.2) is 0 Å². The lowest BCUT2D eigenvalue weighted by atomic mass is 9.99. The van der Waals surface area contributed by atoms with Gasteiger partial charge in [0.1, 0.15) is 11.6 Å². The minimum absolute atomic E-state index is 0.251. The molecule has 19 heavy (non-hydrogen) atoms. The van der Waals surface area contributed by atoms with Crippen LogP contribution in [0.2, 0.25) is 0 Å². The zero-order chi connectivity index (χ0) is 13.8. The van der Waals surface area contributed by atoms with Gasteiger partial charge in [-0.1, -0.05) is 28.1 Å². The van der Waals surface area contributed by atoms with Crippen molar-refractivity contribution in [3.63, 3.8) is 0 Å². The van der Waals surface area contributed by atoms with Crippen LogP contribution in [0.1, 0.15) is 17.2 Å².